The summed E-state index contributed by atoms with van der Waals surface area (Å²) in [4.78, 5) is 18.6. The monoisotopic (exact) mass is 419 g/mol. The van der Waals surface area contributed by atoms with Gasteiger partial charge in [0.25, 0.3) is 0 Å². The van der Waals surface area contributed by atoms with Gasteiger partial charge in [0.2, 0.25) is 0 Å². The smallest absolute Gasteiger partial charge is 0.357 e. The number of anilines is 3. The molecule has 1 fully saturated rings. The van der Waals surface area contributed by atoms with Crippen LogP contribution in [-0.4, -0.2) is 33.4 Å². The zero-order valence-corrected chi connectivity index (χ0v) is 17.1. The first-order valence-corrected chi connectivity index (χ1v) is 9.87. The molecule has 3 heterocycles. The second kappa shape index (κ2) is 7.37. The lowest BCUT2D eigenvalue weighted by molar-refractivity contribution is -0.179. The van der Waals surface area contributed by atoms with Crippen molar-refractivity contribution in [3.63, 3.8) is 0 Å². The Morgan fingerprint density at radius 3 is 2.33 bits per heavy atom. The predicted molar refractivity (Wildman–Crippen MR) is 111 cm³/mol. The first kappa shape index (κ1) is 20.3. The Hall–Kier alpha value is -2.97. The minimum atomic E-state index is -4.12. The van der Waals surface area contributed by atoms with Crippen LogP contribution in [0.1, 0.15) is 18.5 Å². The summed E-state index contributed by atoms with van der Waals surface area (Å²) in [6, 6.07) is 9.42. The number of alkyl halides is 3. The Bertz CT molecular complexity index is 1140. The Morgan fingerprint density at radius 1 is 1.03 bits per heavy atom. The molecule has 0 unspecified atom stereocenters. The number of benzene rings is 1. The number of nitrogens with one attached hydrogen (secondary N) is 1. The Labute approximate surface area is 171 Å². The van der Waals surface area contributed by atoms with Crippen molar-refractivity contribution in [2.45, 2.75) is 25.9 Å². The van der Waals surface area contributed by atoms with Gasteiger partial charge in [0, 0.05) is 32.9 Å². The molecule has 9 heteroatoms. The molecule has 30 heavy (non-hydrogen) atoms. The largest absolute Gasteiger partial charge is 0.391 e. The molecule has 0 aliphatic carbocycles. The van der Waals surface area contributed by atoms with Crippen molar-refractivity contribution >= 4 is 28.2 Å². The summed E-state index contributed by atoms with van der Waals surface area (Å²) < 4.78 is 41.8. The molecule has 1 N–H and O–H groups in total. The van der Waals surface area contributed by atoms with Crippen LogP contribution in [0.3, 0.4) is 0 Å². The van der Waals surface area contributed by atoms with E-state index in [0.29, 0.717) is 18.9 Å². The molecular weight excluding hydrogens is 395 g/mol. The highest BCUT2D eigenvalue weighted by Crippen LogP contribution is 2.35. The van der Waals surface area contributed by atoms with Crippen molar-refractivity contribution in [1.29, 1.82) is 0 Å². The highest BCUT2D eigenvalue weighted by atomic mass is 19.4. The van der Waals surface area contributed by atoms with Crippen molar-refractivity contribution in [2.24, 2.45) is 20.0 Å². The van der Waals surface area contributed by atoms with E-state index in [-0.39, 0.29) is 18.5 Å². The lowest BCUT2D eigenvalue weighted by Crippen LogP contribution is -2.39. The average Bonchev–Trinajstić information content (AvgIpc) is 2.93. The van der Waals surface area contributed by atoms with Crippen molar-refractivity contribution in [2.75, 3.05) is 23.3 Å². The Kier molecular flexibility index (Phi) is 4.99. The fourth-order valence-corrected chi connectivity index (χ4v) is 4.03. The highest BCUT2D eigenvalue weighted by Gasteiger charge is 2.41. The van der Waals surface area contributed by atoms with Crippen LogP contribution in [-0.2, 0) is 14.1 Å². The number of aryl methyl sites for hydroxylation is 3. The standard InChI is InChI=1S/C21H24F3N5O/c1-13-16(26-15-4-6-17-18(12-15)28(3)20(30)27(17)2)5-7-19(25-13)29-10-8-14(9-11-29)21(22,23)24/h4-7,12,14,26H,8-11H2,1-3H3. The molecule has 1 aliphatic rings. The summed E-state index contributed by atoms with van der Waals surface area (Å²) >= 11 is 0. The number of pyridine rings is 1. The van der Waals surface area contributed by atoms with Crippen molar-refractivity contribution in [1.82, 2.24) is 14.1 Å². The zero-order chi connectivity index (χ0) is 21.6. The van der Waals surface area contributed by atoms with Crippen LogP contribution >= 0.6 is 0 Å². The third-order valence-electron chi connectivity index (χ3n) is 5.90. The van der Waals surface area contributed by atoms with Gasteiger partial charge >= 0.3 is 11.9 Å². The molecule has 1 aromatic carbocycles. The molecule has 4 rings (SSSR count). The Morgan fingerprint density at radius 2 is 1.70 bits per heavy atom. The van der Waals surface area contributed by atoms with Gasteiger partial charge in [0.05, 0.1) is 28.3 Å². The molecule has 1 aliphatic heterocycles. The van der Waals surface area contributed by atoms with Gasteiger partial charge in [-0.15, -0.1) is 0 Å². The molecular formula is C21H24F3N5O. The van der Waals surface area contributed by atoms with Crippen LogP contribution in [0.5, 0.6) is 0 Å². The van der Waals surface area contributed by atoms with E-state index in [0.717, 1.165) is 28.1 Å². The first-order valence-electron chi connectivity index (χ1n) is 9.87. The predicted octanol–water partition coefficient (Wildman–Crippen LogP) is 4.10. The molecule has 0 spiro atoms. The molecule has 3 aromatic rings. The summed E-state index contributed by atoms with van der Waals surface area (Å²) in [7, 11) is 3.47. The molecule has 0 radical (unpaired) electrons. The van der Waals surface area contributed by atoms with Gasteiger partial charge in [0.15, 0.2) is 0 Å². The lowest BCUT2D eigenvalue weighted by Gasteiger charge is -2.33. The molecule has 0 bridgehead atoms. The van der Waals surface area contributed by atoms with Gasteiger partial charge in [-0.25, -0.2) is 9.78 Å². The van der Waals surface area contributed by atoms with E-state index in [1.165, 1.54) is 0 Å². The van der Waals surface area contributed by atoms with E-state index in [1.54, 1.807) is 23.2 Å². The van der Waals surface area contributed by atoms with Crippen molar-refractivity contribution in [3.8, 4) is 0 Å². The summed E-state index contributed by atoms with van der Waals surface area (Å²) in [6.45, 7) is 2.56. The number of piperidine rings is 1. The number of fused-ring (bicyclic) bond motifs is 1. The maximum atomic E-state index is 12.9. The number of halogens is 3. The van der Waals surface area contributed by atoms with Gasteiger partial charge in [-0.1, -0.05) is 0 Å². The third kappa shape index (κ3) is 3.64. The van der Waals surface area contributed by atoms with Crippen LogP contribution < -0.4 is 15.9 Å². The molecule has 0 amide bonds. The fourth-order valence-electron chi connectivity index (χ4n) is 4.03. The van der Waals surface area contributed by atoms with E-state index in [2.05, 4.69) is 10.3 Å². The minimum absolute atomic E-state index is 0.0846. The van der Waals surface area contributed by atoms with Crippen LogP contribution in [0.2, 0.25) is 0 Å². The quantitative estimate of drug-likeness (QED) is 0.695. The SMILES string of the molecule is Cc1nc(N2CCC(C(F)(F)F)CC2)ccc1Nc1ccc2c(c1)n(C)c(=O)n2C. The van der Waals surface area contributed by atoms with E-state index in [1.807, 2.05) is 42.2 Å². The normalized spacial score (nSPS) is 15.7. The molecule has 2 aromatic heterocycles. The molecule has 1 saturated heterocycles. The van der Waals surface area contributed by atoms with Gasteiger partial charge < -0.3 is 10.2 Å². The average molecular weight is 419 g/mol. The summed E-state index contributed by atoms with van der Waals surface area (Å²) in [5, 5.41) is 3.32. The number of hydrogen-bond acceptors (Lipinski definition) is 4. The summed E-state index contributed by atoms with van der Waals surface area (Å²) in [5.41, 5.74) is 3.98. The zero-order valence-electron chi connectivity index (χ0n) is 17.1. The van der Waals surface area contributed by atoms with Gasteiger partial charge in [-0.05, 0) is 50.1 Å². The van der Waals surface area contributed by atoms with E-state index < -0.39 is 12.1 Å². The molecule has 160 valence electrons. The minimum Gasteiger partial charge on any atom is -0.357 e. The lowest BCUT2D eigenvalue weighted by atomic mass is 9.96. The molecule has 0 atom stereocenters. The van der Waals surface area contributed by atoms with E-state index >= 15 is 0 Å². The van der Waals surface area contributed by atoms with Gasteiger partial charge in [-0.2, -0.15) is 13.2 Å². The number of hydrogen-bond donors (Lipinski definition) is 1. The summed E-state index contributed by atoms with van der Waals surface area (Å²) in [5.74, 6) is -0.528. The van der Waals surface area contributed by atoms with E-state index in [9.17, 15) is 18.0 Å². The van der Waals surface area contributed by atoms with Crippen molar-refractivity contribution in [3.05, 3.63) is 46.5 Å². The number of nitrogens with zero attached hydrogens (tertiary/aromatic N) is 4. The van der Waals surface area contributed by atoms with Gasteiger partial charge in [-0.3, -0.25) is 9.13 Å². The maximum Gasteiger partial charge on any atom is 0.391 e. The second-order valence-electron chi connectivity index (χ2n) is 7.83. The third-order valence-corrected chi connectivity index (χ3v) is 5.90. The van der Waals surface area contributed by atoms with Crippen LogP contribution in [0.4, 0.5) is 30.4 Å². The summed E-state index contributed by atoms with van der Waals surface area (Å²) in [6.07, 6.45) is -3.92. The molecule has 0 saturated carbocycles. The number of aromatic nitrogens is 3. The number of imidazole rings is 1. The fraction of sp³-hybridized carbons (Fsp3) is 0.429. The Balaban J connectivity index is 1.51. The van der Waals surface area contributed by atoms with Crippen LogP contribution in [0, 0.1) is 12.8 Å². The first-order chi connectivity index (χ1) is 14.1. The molecule has 6 nitrogen and oxygen atoms in total. The number of rotatable bonds is 3. The second-order valence-corrected chi connectivity index (χ2v) is 7.83. The van der Waals surface area contributed by atoms with E-state index in [4.69, 9.17) is 0 Å². The van der Waals surface area contributed by atoms with Crippen molar-refractivity contribution < 1.29 is 13.2 Å². The maximum absolute atomic E-state index is 12.9. The van der Waals surface area contributed by atoms with Crippen LogP contribution in [0.25, 0.3) is 11.0 Å². The van der Waals surface area contributed by atoms with Gasteiger partial charge in [0.1, 0.15) is 5.82 Å². The van der Waals surface area contributed by atoms with Crippen LogP contribution in [0.15, 0.2) is 35.1 Å². The topological polar surface area (TPSA) is 55.1 Å². The highest BCUT2D eigenvalue weighted by molar-refractivity contribution is 5.81.